The summed E-state index contributed by atoms with van der Waals surface area (Å²) in [5.41, 5.74) is -4.39. The molecule has 5 rings (SSSR count). The quantitative estimate of drug-likeness (QED) is 0.526. The van der Waals surface area contributed by atoms with E-state index in [2.05, 4.69) is 0 Å². The number of hydrogen-bond donors (Lipinski definition) is 3. The lowest BCUT2D eigenvalue weighted by Crippen LogP contribution is -2.77. The fourth-order valence-electron chi connectivity index (χ4n) is 8.70. The minimum atomic E-state index is -1.37. The smallest absolute Gasteiger partial charge is 0.309 e. The van der Waals surface area contributed by atoms with Crippen molar-refractivity contribution < 1.29 is 39.1 Å². The predicted octanol–water partition coefficient (Wildman–Crippen LogP) is 1.72. The van der Waals surface area contributed by atoms with Crippen molar-refractivity contribution in [3.63, 3.8) is 0 Å². The van der Waals surface area contributed by atoms with E-state index in [1.54, 1.807) is 20.8 Å². The summed E-state index contributed by atoms with van der Waals surface area (Å²) in [7, 11) is 0. The second-order valence-corrected chi connectivity index (χ2v) is 11.9. The summed E-state index contributed by atoms with van der Waals surface area (Å²) in [5.74, 6) is -2.63. The first-order valence-corrected chi connectivity index (χ1v) is 12.5. The highest BCUT2D eigenvalue weighted by Crippen LogP contribution is 2.70. The summed E-state index contributed by atoms with van der Waals surface area (Å²) in [5, 5.41) is 35.8. The standard InChI is InChI=1S/C25H38O8/c1-5-31-20(28)16-7-9-25(30)15-6-8-23(29)11-14(26)10-18-24(23,13-32-21(2,3)33-18)19(15)17(27)12-22(16,25)4/h15-19,27,29-30H,5-13H2,1-4H3/t15-,16-,17-,18-,19-,22-,23-,24-,25-/m1/s1. The van der Waals surface area contributed by atoms with Crippen molar-refractivity contribution in [1.82, 2.24) is 0 Å². The molecule has 0 aromatic carbocycles. The van der Waals surface area contributed by atoms with Crippen LogP contribution in [0.15, 0.2) is 0 Å². The van der Waals surface area contributed by atoms with Crippen LogP contribution in [0.5, 0.6) is 0 Å². The van der Waals surface area contributed by atoms with E-state index in [-0.39, 0.29) is 50.1 Å². The van der Waals surface area contributed by atoms with Gasteiger partial charge in [-0.15, -0.1) is 0 Å². The summed E-state index contributed by atoms with van der Waals surface area (Å²) in [4.78, 5) is 25.5. The number of Topliss-reactive ketones (excluding diaryl/α,β-unsaturated/α-hetero) is 1. The Morgan fingerprint density at radius 2 is 1.91 bits per heavy atom. The number of rotatable bonds is 2. The highest BCUT2D eigenvalue weighted by atomic mass is 16.7. The third kappa shape index (κ3) is 2.94. The highest BCUT2D eigenvalue weighted by molar-refractivity contribution is 5.82. The topological polar surface area (TPSA) is 123 Å². The Kier molecular flexibility index (Phi) is 5.19. The lowest BCUT2D eigenvalue weighted by Gasteiger charge is -2.70. The lowest BCUT2D eigenvalue weighted by atomic mass is 9.40. The number of hydrogen-bond acceptors (Lipinski definition) is 8. The van der Waals surface area contributed by atoms with Gasteiger partial charge in [0.05, 0.1) is 48.0 Å². The largest absolute Gasteiger partial charge is 0.466 e. The Hall–Kier alpha value is -1.06. The van der Waals surface area contributed by atoms with Gasteiger partial charge >= 0.3 is 5.97 Å². The molecule has 0 amide bonds. The van der Waals surface area contributed by atoms with E-state index in [0.717, 1.165) is 0 Å². The van der Waals surface area contributed by atoms with E-state index < -0.39 is 51.9 Å². The highest BCUT2D eigenvalue weighted by Gasteiger charge is 2.77. The molecule has 0 radical (unpaired) electrons. The molecule has 186 valence electrons. The van der Waals surface area contributed by atoms with Crippen molar-refractivity contribution in [1.29, 1.82) is 0 Å². The maximum atomic E-state index is 12.8. The molecule has 1 saturated heterocycles. The van der Waals surface area contributed by atoms with Gasteiger partial charge in [0.15, 0.2) is 5.79 Å². The molecule has 3 N–H and O–H groups in total. The maximum absolute atomic E-state index is 12.8. The number of carbonyl (C=O) groups excluding carboxylic acids is 2. The van der Waals surface area contributed by atoms with Crippen LogP contribution in [0.3, 0.4) is 0 Å². The van der Waals surface area contributed by atoms with Crippen molar-refractivity contribution in [3.8, 4) is 0 Å². The van der Waals surface area contributed by atoms with Gasteiger partial charge in [0.2, 0.25) is 0 Å². The van der Waals surface area contributed by atoms with E-state index in [1.807, 2.05) is 6.92 Å². The molecule has 0 bridgehead atoms. The second kappa shape index (κ2) is 7.23. The predicted molar refractivity (Wildman–Crippen MR) is 116 cm³/mol. The van der Waals surface area contributed by atoms with E-state index in [1.165, 1.54) is 0 Å². The van der Waals surface area contributed by atoms with Crippen LogP contribution in [-0.2, 0) is 23.8 Å². The van der Waals surface area contributed by atoms with Gasteiger partial charge in [0.25, 0.3) is 0 Å². The molecule has 1 spiro atoms. The number of aliphatic hydroxyl groups excluding tert-OH is 1. The first kappa shape index (κ1) is 23.7. The van der Waals surface area contributed by atoms with Crippen molar-refractivity contribution in [2.75, 3.05) is 13.2 Å². The summed E-state index contributed by atoms with van der Waals surface area (Å²) >= 11 is 0. The van der Waals surface area contributed by atoms with E-state index in [4.69, 9.17) is 14.2 Å². The Morgan fingerprint density at radius 3 is 2.61 bits per heavy atom. The van der Waals surface area contributed by atoms with Crippen LogP contribution >= 0.6 is 0 Å². The molecular weight excluding hydrogens is 428 g/mol. The molecule has 1 aliphatic heterocycles. The Balaban J connectivity index is 1.59. The van der Waals surface area contributed by atoms with Gasteiger partial charge in [0.1, 0.15) is 5.78 Å². The molecule has 5 fully saturated rings. The number of esters is 1. The van der Waals surface area contributed by atoms with Crippen molar-refractivity contribution in [3.05, 3.63) is 0 Å². The minimum absolute atomic E-state index is 0.00767. The van der Waals surface area contributed by atoms with Crippen LogP contribution in [-0.4, -0.2) is 69.5 Å². The molecule has 8 heteroatoms. The van der Waals surface area contributed by atoms with Crippen molar-refractivity contribution in [2.24, 2.45) is 28.6 Å². The second-order valence-electron chi connectivity index (χ2n) is 11.9. The van der Waals surface area contributed by atoms with Gasteiger partial charge in [-0.1, -0.05) is 6.92 Å². The van der Waals surface area contributed by atoms with Crippen LogP contribution < -0.4 is 0 Å². The average molecular weight is 467 g/mol. The molecule has 33 heavy (non-hydrogen) atoms. The van der Waals surface area contributed by atoms with E-state index >= 15 is 0 Å². The minimum Gasteiger partial charge on any atom is -0.466 e. The molecule has 4 aliphatic carbocycles. The van der Waals surface area contributed by atoms with Crippen molar-refractivity contribution in [2.45, 2.75) is 102 Å². The van der Waals surface area contributed by atoms with Crippen LogP contribution in [0.2, 0.25) is 0 Å². The van der Waals surface area contributed by atoms with Crippen LogP contribution in [0, 0.1) is 28.6 Å². The molecule has 0 aromatic heterocycles. The molecule has 0 aromatic rings. The first-order valence-electron chi connectivity index (χ1n) is 12.5. The normalized spacial score (nSPS) is 52.8. The number of ketones is 1. The summed E-state index contributed by atoms with van der Waals surface area (Å²) in [6.07, 6.45) is 0.615. The Bertz CT molecular complexity index is 857. The van der Waals surface area contributed by atoms with Gasteiger partial charge in [-0.3, -0.25) is 9.59 Å². The number of ether oxygens (including phenoxy) is 3. The van der Waals surface area contributed by atoms with Crippen molar-refractivity contribution >= 4 is 11.8 Å². The zero-order valence-electron chi connectivity index (χ0n) is 20.1. The Morgan fingerprint density at radius 1 is 1.18 bits per heavy atom. The zero-order valence-corrected chi connectivity index (χ0v) is 20.1. The third-order valence-corrected chi connectivity index (χ3v) is 10.1. The summed E-state index contributed by atoms with van der Waals surface area (Å²) in [6.45, 7) is 7.68. The average Bonchev–Trinajstić information content (AvgIpc) is 2.97. The fraction of sp³-hybridized carbons (Fsp3) is 0.920. The number of carbonyl (C=O) groups is 2. The summed E-state index contributed by atoms with van der Waals surface area (Å²) < 4.78 is 17.7. The molecule has 1 heterocycles. The molecule has 8 nitrogen and oxygen atoms in total. The van der Waals surface area contributed by atoms with Gasteiger partial charge in [0, 0.05) is 24.2 Å². The van der Waals surface area contributed by atoms with Gasteiger partial charge in [-0.05, 0) is 58.8 Å². The van der Waals surface area contributed by atoms with Crippen LogP contribution in [0.1, 0.15) is 72.6 Å². The fourth-order valence-corrected chi connectivity index (χ4v) is 8.70. The third-order valence-electron chi connectivity index (χ3n) is 10.1. The molecule has 5 aliphatic rings. The lowest BCUT2D eigenvalue weighted by molar-refractivity contribution is -0.390. The maximum Gasteiger partial charge on any atom is 0.309 e. The van der Waals surface area contributed by atoms with Gasteiger partial charge < -0.3 is 29.5 Å². The number of aliphatic hydroxyl groups is 3. The Labute approximate surface area is 195 Å². The number of fused-ring (bicyclic) bond motifs is 3. The monoisotopic (exact) mass is 466 g/mol. The van der Waals surface area contributed by atoms with E-state index in [9.17, 15) is 24.9 Å². The van der Waals surface area contributed by atoms with Crippen LogP contribution in [0.4, 0.5) is 0 Å². The zero-order chi connectivity index (χ0) is 24.0. The summed E-state index contributed by atoms with van der Waals surface area (Å²) in [6, 6.07) is 0. The van der Waals surface area contributed by atoms with Gasteiger partial charge in [-0.25, -0.2) is 0 Å². The van der Waals surface area contributed by atoms with Crippen LogP contribution in [0.25, 0.3) is 0 Å². The SMILES string of the molecule is CCOC(=O)[C@H]1CC[C@@]2(O)[C@@H]3CC[C@@]4(O)CC(=O)C[C@H]5OC(C)(C)OC[C@]54[C@H]3[C@H](O)C[C@]12C. The first-order chi connectivity index (χ1) is 15.3. The molecule has 0 unspecified atom stereocenters. The molecule has 4 saturated carbocycles. The molecule has 9 atom stereocenters. The van der Waals surface area contributed by atoms with Gasteiger partial charge in [-0.2, -0.15) is 0 Å². The van der Waals surface area contributed by atoms with E-state index in [0.29, 0.717) is 25.7 Å². The molecular formula is C25H38O8.